The first-order chi connectivity index (χ1) is 10.6. The normalized spacial score (nSPS) is 19.5. The van der Waals surface area contributed by atoms with Gasteiger partial charge in [-0.2, -0.15) is 0 Å². The van der Waals surface area contributed by atoms with Gasteiger partial charge in [0, 0.05) is 6.04 Å². The average molecular weight is 329 g/mol. The van der Waals surface area contributed by atoms with Crippen molar-refractivity contribution in [2.45, 2.75) is 64.3 Å². The maximum Gasteiger partial charge on any atom is 0.333 e. The Kier molecular flexibility index (Phi) is 9.53. The molecule has 0 saturated heterocycles. The average Bonchev–Trinajstić information content (AvgIpc) is 3.01. The Bertz CT molecular complexity index is 380. The van der Waals surface area contributed by atoms with Crippen molar-refractivity contribution in [2.75, 3.05) is 6.61 Å². The van der Waals surface area contributed by atoms with Crippen molar-refractivity contribution in [3.63, 3.8) is 0 Å². The molecule has 3 N–H and O–H groups in total. The largest absolute Gasteiger partial charge is 0.478 e. The number of rotatable bonds is 11. The third kappa shape index (κ3) is 6.55. The lowest BCUT2D eigenvalue weighted by molar-refractivity contribution is -0.133. The van der Waals surface area contributed by atoms with Gasteiger partial charge in [0.15, 0.2) is 0 Å². The maximum atomic E-state index is 11.3. The Morgan fingerprint density at radius 1 is 1.41 bits per heavy atom. The van der Waals surface area contributed by atoms with Crippen LogP contribution in [0.5, 0.6) is 0 Å². The number of hydrogen-bond acceptors (Lipinski definition) is 4. The van der Waals surface area contributed by atoms with E-state index in [1.807, 2.05) is 0 Å². The van der Waals surface area contributed by atoms with Crippen molar-refractivity contribution < 1.29 is 19.0 Å². The van der Waals surface area contributed by atoms with Gasteiger partial charge in [-0.1, -0.05) is 45.1 Å². The Morgan fingerprint density at radius 3 is 2.64 bits per heavy atom. The third-order valence-corrected chi connectivity index (χ3v) is 4.76. The Labute approximate surface area is 134 Å². The van der Waals surface area contributed by atoms with E-state index in [9.17, 15) is 14.5 Å². The highest BCUT2D eigenvalue weighted by atomic mass is 31.1. The van der Waals surface area contributed by atoms with Gasteiger partial charge >= 0.3 is 14.7 Å². The van der Waals surface area contributed by atoms with Gasteiger partial charge in [0.2, 0.25) is 0 Å². The first-order valence-electron chi connectivity index (χ1n) is 8.24. The van der Waals surface area contributed by atoms with Crippen molar-refractivity contribution >= 4 is 14.7 Å². The molecule has 0 aromatic heterocycles. The van der Waals surface area contributed by atoms with E-state index in [1.165, 1.54) is 12.8 Å². The molecule has 1 aliphatic carbocycles. The van der Waals surface area contributed by atoms with Gasteiger partial charge in [0.05, 0.1) is 12.2 Å². The van der Waals surface area contributed by atoms with Crippen LogP contribution in [-0.4, -0.2) is 23.7 Å². The number of carbonyl (C=O) groups is 1. The molecular weight excluding hydrogens is 301 g/mol. The summed E-state index contributed by atoms with van der Waals surface area (Å²) in [6.07, 6.45) is 10.6. The summed E-state index contributed by atoms with van der Waals surface area (Å²) in [6.45, 7) is 2.01. The molecule has 0 heterocycles. The highest BCUT2D eigenvalue weighted by molar-refractivity contribution is 7.17. The molecule has 1 saturated carbocycles. The van der Waals surface area contributed by atoms with Crippen molar-refractivity contribution in [3.05, 3.63) is 11.6 Å². The van der Waals surface area contributed by atoms with Crippen LogP contribution in [0, 0.1) is 11.8 Å². The second kappa shape index (κ2) is 10.9. The Morgan fingerprint density at radius 2 is 2.09 bits per heavy atom. The van der Waals surface area contributed by atoms with Crippen LogP contribution in [0.2, 0.25) is 0 Å². The summed E-state index contributed by atoms with van der Waals surface area (Å²) >= 11 is 0. The monoisotopic (exact) mass is 329 g/mol. The number of carboxylic acids is 1. The minimum absolute atomic E-state index is 0.0196. The molecule has 0 bridgehead atoms. The number of hydrogen-bond donors (Lipinski definition) is 2. The van der Waals surface area contributed by atoms with Crippen molar-refractivity contribution in [1.82, 2.24) is 0 Å². The molecule has 0 aromatic carbocycles. The van der Waals surface area contributed by atoms with Crippen molar-refractivity contribution in [3.8, 4) is 0 Å². The van der Waals surface area contributed by atoms with Crippen molar-refractivity contribution in [2.24, 2.45) is 17.6 Å². The summed E-state index contributed by atoms with van der Waals surface area (Å²) in [6, 6.07) is -0.0196. The van der Waals surface area contributed by atoms with Gasteiger partial charge in [-0.15, -0.1) is 0 Å². The van der Waals surface area contributed by atoms with E-state index in [0.29, 0.717) is 5.92 Å². The van der Waals surface area contributed by atoms with Crippen LogP contribution in [0.1, 0.15) is 58.3 Å². The van der Waals surface area contributed by atoms with E-state index in [-0.39, 0.29) is 24.1 Å². The van der Waals surface area contributed by atoms with Crippen LogP contribution in [0.15, 0.2) is 11.6 Å². The molecule has 0 aromatic rings. The summed E-state index contributed by atoms with van der Waals surface area (Å²) in [4.78, 5) is 11.3. The van der Waals surface area contributed by atoms with Crippen LogP contribution in [-0.2, 0) is 13.9 Å². The van der Waals surface area contributed by atoms with Gasteiger partial charge in [-0.25, -0.2) is 9.36 Å². The van der Waals surface area contributed by atoms with E-state index in [2.05, 4.69) is 6.92 Å². The highest BCUT2D eigenvalue weighted by Crippen LogP contribution is 2.35. The SMILES string of the molecule is CCCCCC(N)C(/C=C(\COP=O)C(=O)O)C1CCCC1. The minimum Gasteiger partial charge on any atom is -0.478 e. The standard InChI is InChI=1S/C16H28NO4P/c1-2-3-4-9-15(17)14(12-7-5-6-8-12)10-13(16(18)19)11-21-22-20/h10,12,14-15H,2-9,11,17H2,1H3,(H,18,19)/b13-10+. The lowest BCUT2D eigenvalue weighted by Crippen LogP contribution is -2.34. The van der Waals surface area contributed by atoms with Gasteiger partial charge in [0.1, 0.15) is 0 Å². The third-order valence-electron chi connectivity index (χ3n) is 4.52. The molecule has 1 fully saturated rings. The molecule has 0 aliphatic heterocycles. The van der Waals surface area contributed by atoms with Crippen LogP contribution < -0.4 is 5.73 Å². The summed E-state index contributed by atoms with van der Waals surface area (Å²) in [5.74, 6) is -0.499. The molecule has 1 aliphatic rings. The van der Waals surface area contributed by atoms with Crippen LogP contribution in [0.25, 0.3) is 0 Å². The summed E-state index contributed by atoms with van der Waals surface area (Å²) in [5, 5.41) is 9.29. The smallest absolute Gasteiger partial charge is 0.333 e. The molecular formula is C16H28NO4P. The van der Waals surface area contributed by atoms with Crippen LogP contribution in [0.4, 0.5) is 0 Å². The fourth-order valence-electron chi connectivity index (χ4n) is 3.28. The Hall–Kier alpha value is -0.770. The lowest BCUT2D eigenvalue weighted by Gasteiger charge is -2.27. The highest BCUT2D eigenvalue weighted by Gasteiger charge is 2.29. The van der Waals surface area contributed by atoms with E-state index in [1.54, 1.807) is 6.08 Å². The fraction of sp³-hybridized carbons (Fsp3) is 0.812. The topological polar surface area (TPSA) is 89.6 Å². The Balaban J connectivity index is 2.82. The second-order valence-electron chi connectivity index (χ2n) is 6.13. The lowest BCUT2D eigenvalue weighted by atomic mass is 9.81. The van der Waals surface area contributed by atoms with E-state index < -0.39 is 14.7 Å². The summed E-state index contributed by atoms with van der Waals surface area (Å²) in [7, 11) is -0.498. The van der Waals surface area contributed by atoms with Gasteiger partial charge in [-0.3, -0.25) is 4.52 Å². The molecule has 2 unspecified atom stereocenters. The predicted molar refractivity (Wildman–Crippen MR) is 86.8 cm³/mol. The summed E-state index contributed by atoms with van der Waals surface area (Å²) < 4.78 is 15.1. The van der Waals surface area contributed by atoms with Crippen molar-refractivity contribution in [1.29, 1.82) is 0 Å². The molecule has 2 atom stereocenters. The molecule has 126 valence electrons. The second-order valence-corrected chi connectivity index (χ2v) is 6.53. The van der Waals surface area contributed by atoms with E-state index >= 15 is 0 Å². The number of unbranched alkanes of at least 4 members (excludes halogenated alkanes) is 2. The summed E-state index contributed by atoms with van der Waals surface area (Å²) in [5.41, 5.74) is 6.53. The number of aliphatic carboxylic acids is 1. The number of nitrogens with two attached hydrogens (primary N) is 1. The predicted octanol–water partition coefficient (Wildman–Crippen LogP) is 3.93. The van der Waals surface area contributed by atoms with Gasteiger partial charge in [0.25, 0.3) is 0 Å². The first-order valence-corrected chi connectivity index (χ1v) is 8.97. The van der Waals surface area contributed by atoms with E-state index in [0.717, 1.165) is 38.5 Å². The fourth-order valence-corrected chi connectivity index (χ4v) is 3.48. The quantitative estimate of drug-likeness (QED) is 0.340. The minimum atomic E-state index is -1.02. The zero-order valence-electron chi connectivity index (χ0n) is 13.4. The molecule has 0 spiro atoms. The zero-order valence-corrected chi connectivity index (χ0v) is 14.3. The van der Waals surface area contributed by atoms with Crippen LogP contribution >= 0.6 is 8.69 Å². The number of carboxylic acid groups (broad SMARTS) is 1. The van der Waals surface area contributed by atoms with Crippen LogP contribution in [0.3, 0.4) is 0 Å². The molecule has 0 radical (unpaired) electrons. The first kappa shape index (κ1) is 19.3. The maximum absolute atomic E-state index is 11.3. The van der Waals surface area contributed by atoms with Gasteiger partial charge in [-0.05, 0) is 31.1 Å². The molecule has 1 rings (SSSR count). The molecule has 22 heavy (non-hydrogen) atoms. The molecule has 5 nitrogen and oxygen atoms in total. The van der Waals surface area contributed by atoms with Gasteiger partial charge < -0.3 is 10.8 Å². The molecule has 6 heteroatoms. The zero-order chi connectivity index (χ0) is 16.4. The molecule has 0 amide bonds. The van der Waals surface area contributed by atoms with E-state index in [4.69, 9.17) is 10.3 Å².